The molecular weight excluding hydrogens is 222 g/mol. The summed E-state index contributed by atoms with van der Waals surface area (Å²) < 4.78 is 2.24. The lowest BCUT2D eigenvalue weighted by molar-refractivity contribution is 0.359. The van der Waals surface area contributed by atoms with Crippen molar-refractivity contribution < 1.29 is 0 Å². The molecule has 1 aliphatic heterocycles. The number of fused-ring (bicyclic) bond motifs is 1. The van der Waals surface area contributed by atoms with Crippen LogP contribution < -0.4 is 5.32 Å². The maximum absolute atomic E-state index is 4.87. The fraction of sp³-hybridized carbons (Fsp3) is 0.800. The topological polar surface area (TPSA) is 29.9 Å². The van der Waals surface area contributed by atoms with E-state index in [9.17, 15) is 0 Å². The van der Waals surface area contributed by atoms with Gasteiger partial charge in [0.1, 0.15) is 5.82 Å². The number of anilines is 1. The molecular formula is C15H27N3. The summed E-state index contributed by atoms with van der Waals surface area (Å²) in [6.45, 7) is 9.04. The predicted octanol–water partition coefficient (Wildman–Crippen LogP) is 4.33. The zero-order valence-corrected chi connectivity index (χ0v) is 12.2. The van der Waals surface area contributed by atoms with Gasteiger partial charge in [-0.2, -0.15) is 5.10 Å². The van der Waals surface area contributed by atoms with Gasteiger partial charge in [0, 0.05) is 18.0 Å². The Kier molecular flexibility index (Phi) is 4.31. The van der Waals surface area contributed by atoms with Gasteiger partial charge in [-0.15, -0.1) is 0 Å². The molecule has 0 fully saturated rings. The number of aromatic nitrogens is 2. The van der Waals surface area contributed by atoms with Gasteiger partial charge in [-0.3, -0.25) is 0 Å². The summed E-state index contributed by atoms with van der Waals surface area (Å²) in [5.74, 6) is 1.85. The maximum Gasteiger partial charge on any atom is 0.125 e. The SMILES string of the molecule is CCC1CC(CC)n2nc(C(CC)CC)cc2N1. The van der Waals surface area contributed by atoms with Gasteiger partial charge >= 0.3 is 0 Å². The van der Waals surface area contributed by atoms with Crippen LogP contribution in [0.2, 0.25) is 0 Å². The first kappa shape index (κ1) is 13.4. The minimum atomic E-state index is 0.578. The monoisotopic (exact) mass is 249 g/mol. The standard InChI is InChI=1S/C15H27N3/c1-5-11(6-2)14-10-15-16-12(7-3)9-13(8-4)18(15)17-14/h10-13,16H,5-9H2,1-4H3. The van der Waals surface area contributed by atoms with Crippen LogP contribution in [0.15, 0.2) is 6.07 Å². The van der Waals surface area contributed by atoms with Crippen molar-refractivity contribution in [1.82, 2.24) is 9.78 Å². The fourth-order valence-corrected chi connectivity index (χ4v) is 3.01. The summed E-state index contributed by atoms with van der Waals surface area (Å²) in [6, 6.07) is 3.48. The summed E-state index contributed by atoms with van der Waals surface area (Å²) in [7, 11) is 0. The molecule has 0 radical (unpaired) electrons. The van der Waals surface area contributed by atoms with Gasteiger partial charge in [0.2, 0.25) is 0 Å². The Bertz CT molecular complexity index is 379. The molecule has 1 aromatic heterocycles. The van der Waals surface area contributed by atoms with E-state index in [1.54, 1.807) is 0 Å². The van der Waals surface area contributed by atoms with Crippen LogP contribution in [0, 0.1) is 0 Å². The Morgan fingerprint density at radius 3 is 2.56 bits per heavy atom. The van der Waals surface area contributed by atoms with Crippen molar-refractivity contribution in [2.24, 2.45) is 0 Å². The predicted molar refractivity (Wildman–Crippen MR) is 77.2 cm³/mol. The fourth-order valence-electron chi connectivity index (χ4n) is 3.01. The Balaban J connectivity index is 2.28. The van der Waals surface area contributed by atoms with Crippen LogP contribution in [0.3, 0.4) is 0 Å². The van der Waals surface area contributed by atoms with Crippen LogP contribution in [-0.2, 0) is 0 Å². The number of nitrogens with zero attached hydrogens (tertiary/aromatic N) is 2. The highest BCUT2D eigenvalue weighted by molar-refractivity contribution is 5.41. The van der Waals surface area contributed by atoms with E-state index < -0.39 is 0 Å². The van der Waals surface area contributed by atoms with Crippen molar-refractivity contribution in [3.05, 3.63) is 11.8 Å². The van der Waals surface area contributed by atoms with Crippen molar-refractivity contribution in [3.63, 3.8) is 0 Å². The molecule has 0 amide bonds. The smallest absolute Gasteiger partial charge is 0.125 e. The molecule has 3 nitrogen and oxygen atoms in total. The van der Waals surface area contributed by atoms with Crippen LogP contribution in [0.1, 0.15) is 77.5 Å². The Hall–Kier alpha value is -0.990. The maximum atomic E-state index is 4.87. The molecule has 2 heterocycles. The van der Waals surface area contributed by atoms with Crippen molar-refractivity contribution in [2.75, 3.05) is 5.32 Å². The third-order valence-electron chi connectivity index (χ3n) is 4.38. The molecule has 18 heavy (non-hydrogen) atoms. The lowest BCUT2D eigenvalue weighted by Crippen LogP contribution is -2.31. The average molecular weight is 249 g/mol. The van der Waals surface area contributed by atoms with Gasteiger partial charge in [0.05, 0.1) is 11.7 Å². The second kappa shape index (κ2) is 5.77. The summed E-state index contributed by atoms with van der Waals surface area (Å²) in [4.78, 5) is 0. The molecule has 1 N–H and O–H groups in total. The van der Waals surface area contributed by atoms with Crippen molar-refractivity contribution in [1.29, 1.82) is 0 Å². The molecule has 1 aliphatic rings. The lowest BCUT2D eigenvalue weighted by atomic mass is 9.99. The van der Waals surface area contributed by atoms with Gasteiger partial charge < -0.3 is 5.32 Å². The van der Waals surface area contributed by atoms with Crippen molar-refractivity contribution in [3.8, 4) is 0 Å². The lowest BCUT2D eigenvalue weighted by Gasteiger charge is -2.31. The van der Waals surface area contributed by atoms with Crippen LogP contribution in [-0.4, -0.2) is 15.8 Å². The number of rotatable bonds is 5. The molecule has 0 saturated carbocycles. The van der Waals surface area contributed by atoms with E-state index in [0.29, 0.717) is 18.0 Å². The molecule has 102 valence electrons. The Morgan fingerprint density at radius 1 is 1.28 bits per heavy atom. The molecule has 0 saturated heterocycles. The highest BCUT2D eigenvalue weighted by Gasteiger charge is 2.26. The summed E-state index contributed by atoms with van der Waals surface area (Å²) in [6.07, 6.45) is 5.95. The molecule has 2 unspecified atom stereocenters. The molecule has 2 atom stereocenters. The van der Waals surface area contributed by atoms with E-state index in [0.717, 1.165) is 0 Å². The van der Waals surface area contributed by atoms with E-state index in [1.165, 1.54) is 43.6 Å². The van der Waals surface area contributed by atoms with Crippen LogP contribution in [0.25, 0.3) is 0 Å². The van der Waals surface area contributed by atoms with Crippen LogP contribution in [0.5, 0.6) is 0 Å². The van der Waals surface area contributed by atoms with Crippen molar-refractivity contribution in [2.45, 2.75) is 77.8 Å². The molecule has 2 rings (SSSR count). The molecule has 0 aromatic carbocycles. The van der Waals surface area contributed by atoms with Gasteiger partial charge in [-0.1, -0.05) is 27.7 Å². The third-order valence-corrected chi connectivity index (χ3v) is 4.38. The van der Waals surface area contributed by atoms with Gasteiger partial charge in [0.15, 0.2) is 0 Å². The number of hydrogen-bond donors (Lipinski definition) is 1. The van der Waals surface area contributed by atoms with Gasteiger partial charge in [0.25, 0.3) is 0 Å². The largest absolute Gasteiger partial charge is 0.367 e. The highest BCUT2D eigenvalue weighted by Crippen LogP contribution is 2.33. The Labute approximate surface area is 111 Å². The zero-order chi connectivity index (χ0) is 13.1. The second-order valence-electron chi connectivity index (χ2n) is 5.46. The first-order valence-electron chi connectivity index (χ1n) is 7.59. The summed E-state index contributed by atoms with van der Waals surface area (Å²) >= 11 is 0. The van der Waals surface area contributed by atoms with Crippen LogP contribution in [0.4, 0.5) is 5.82 Å². The first-order valence-corrected chi connectivity index (χ1v) is 7.59. The minimum absolute atomic E-state index is 0.578. The second-order valence-corrected chi connectivity index (χ2v) is 5.46. The van der Waals surface area contributed by atoms with Gasteiger partial charge in [-0.05, 0) is 32.1 Å². The Morgan fingerprint density at radius 2 is 2.00 bits per heavy atom. The molecule has 1 aromatic rings. The average Bonchev–Trinajstić information content (AvgIpc) is 2.82. The zero-order valence-electron chi connectivity index (χ0n) is 12.2. The molecule has 0 bridgehead atoms. The first-order chi connectivity index (χ1) is 8.73. The molecule has 0 aliphatic carbocycles. The quantitative estimate of drug-likeness (QED) is 0.841. The van der Waals surface area contributed by atoms with E-state index in [-0.39, 0.29) is 0 Å². The highest BCUT2D eigenvalue weighted by atomic mass is 15.4. The number of nitrogens with one attached hydrogen (secondary N) is 1. The van der Waals surface area contributed by atoms with Crippen molar-refractivity contribution >= 4 is 5.82 Å². The molecule has 3 heteroatoms. The van der Waals surface area contributed by atoms with E-state index in [4.69, 9.17) is 5.10 Å². The van der Waals surface area contributed by atoms with E-state index >= 15 is 0 Å². The third kappa shape index (κ3) is 2.40. The minimum Gasteiger partial charge on any atom is -0.367 e. The molecule has 0 spiro atoms. The summed E-state index contributed by atoms with van der Waals surface area (Å²) in [5, 5.41) is 8.50. The normalized spacial score (nSPS) is 22.9. The van der Waals surface area contributed by atoms with E-state index in [2.05, 4.69) is 43.8 Å². The van der Waals surface area contributed by atoms with E-state index in [1.807, 2.05) is 0 Å². The number of hydrogen-bond acceptors (Lipinski definition) is 2. The van der Waals surface area contributed by atoms with Gasteiger partial charge in [-0.25, -0.2) is 4.68 Å². The van der Waals surface area contributed by atoms with Crippen LogP contribution >= 0.6 is 0 Å². The summed E-state index contributed by atoms with van der Waals surface area (Å²) in [5.41, 5.74) is 1.28.